The first-order chi connectivity index (χ1) is 7.77. The highest BCUT2D eigenvalue weighted by atomic mass is 32.3. The Morgan fingerprint density at radius 1 is 1.12 bits per heavy atom. The minimum Gasteiger partial charge on any atom is -0.506 e. The molecule has 0 saturated carbocycles. The molecule has 0 saturated heterocycles. The van der Waals surface area contributed by atoms with Crippen LogP contribution in [0.15, 0.2) is 30.3 Å². The van der Waals surface area contributed by atoms with E-state index in [2.05, 4.69) is 4.98 Å². The lowest BCUT2D eigenvalue weighted by Crippen LogP contribution is -1.89. The van der Waals surface area contributed by atoms with Crippen molar-refractivity contribution >= 4 is 21.3 Å². The fraction of sp³-hybridized carbons (Fsp3) is 0.100. The number of fused-ring (bicyclic) bond motifs is 1. The lowest BCUT2D eigenvalue weighted by Gasteiger charge is -1.99. The zero-order valence-corrected chi connectivity index (χ0v) is 9.72. The Morgan fingerprint density at radius 3 is 2.29 bits per heavy atom. The molecule has 0 atom stereocenters. The minimum atomic E-state index is -4.67. The van der Waals surface area contributed by atoms with E-state index >= 15 is 0 Å². The first-order valence-electron chi connectivity index (χ1n) is 4.52. The number of pyridine rings is 1. The summed E-state index contributed by atoms with van der Waals surface area (Å²) in [6.45, 7) is 1.91. The van der Waals surface area contributed by atoms with Crippen molar-refractivity contribution in [2.24, 2.45) is 0 Å². The molecule has 0 bridgehead atoms. The van der Waals surface area contributed by atoms with Crippen LogP contribution < -0.4 is 0 Å². The molecular weight excluding hydrogens is 246 g/mol. The fourth-order valence-corrected chi connectivity index (χ4v) is 1.23. The molecule has 0 radical (unpaired) electrons. The monoisotopic (exact) mass is 257 g/mol. The number of aromatic nitrogens is 1. The molecule has 0 aliphatic rings. The highest BCUT2D eigenvalue weighted by Gasteiger charge is 1.98. The first kappa shape index (κ1) is 13.4. The highest BCUT2D eigenvalue weighted by molar-refractivity contribution is 7.79. The molecule has 0 amide bonds. The standard InChI is InChI=1S/C10H9NO.H2O4S/c1-7-5-6-8-3-2-4-9(12)10(8)11-7;1-5(2,3)4/h2-6,12H,1H3;(H2,1,2,3,4). The quantitative estimate of drug-likeness (QED) is 0.618. The van der Waals surface area contributed by atoms with Gasteiger partial charge in [-0.2, -0.15) is 8.42 Å². The molecule has 0 unspecified atom stereocenters. The summed E-state index contributed by atoms with van der Waals surface area (Å²) >= 11 is 0. The van der Waals surface area contributed by atoms with E-state index < -0.39 is 10.4 Å². The molecule has 0 fully saturated rings. The maximum absolute atomic E-state index is 9.43. The van der Waals surface area contributed by atoms with Gasteiger partial charge < -0.3 is 5.11 Å². The van der Waals surface area contributed by atoms with Gasteiger partial charge in [-0.1, -0.05) is 18.2 Å². The number of aryl methyl sites for hydroxylation is 1. The number of nitrogens with zero attached hydrogens (tertiary/aromatic N) is 1. The first-order valence-corrected chi connectivity index (χ1v) is 5.92. The van der Waals surface area contributed by atoms with E-state index in [-0.39, 0.29) is 5.75 Å². The topological polar surface area (TPSA) is 108 Å². The molecule has 1 aromatic heterocycles. The molecule has 0 aliphatic carbocycles. The van der Waals surface area contributed by atoms with Crippen LogP contribution >= 0.6 is 0 Å². The van der Waals surface area contributed by atoms with Gasteiger partial charge in [0.2, 0.25) is 0 Å². The van der Waals surface area contributed by atoms with E-state index in [1.54, 1.807) is 6.07 Å². The minimum absolute atomic E-state index is 0.246. The lowest BCUT2D eigenvalue weighted by atomic mass is 10.2. The summed E-state index contributed by atoms with van der Waals surface area (Å²) in [5, 5.41) is 10.4. The van der Waals surface area contributed by atoms with E-state index in [1.807, 2.05) is 31.2 Å². The molecular formula is C10H11NO5S. The van der Waals surface area contributed by atoms with Crippen LogP contribution in [0.1, 0.15) is 5.69 Å². The summed E-state index contributed by atoms with van der Waals surface area (Å²) in [4.78, 5) is 4.23. The molecule has 1 aromatic carbocycles. The Kier molecular flexibility index (Phi) is 4.00. The maximum atomic E-state index is 9.43. The third-order valence-electron chi connectivity index (χ3n) is 1.84. The maximum Gasteiger partial charge on any atom is 0.394 e. The average molecular weight is 257 g/mol. The number of hydrogen-bond acceptors (Lipinski definition) is 4. The molecule has 17 heavy (non-hydrogen) atoms. The SMILES string of the molecule is Cc1ccc2cccc(O)c2n1.O=S(=O)(O)O. The Bertz CT molecular complexity index is 616. The predicted octanol–water partition coefficient (Wildman–Crippen LogP) is 1.60. The second kappa shape index (κ2) is 5.09. The smallest absolute Gasteiger partial charge is 0.394 e. The molecule has 2 rings (SSSR count). The number of para-hydroxylation sites is 1. The van der Waals surface area contributed by atoms with Crippen LogP contribution in [-0.2, 0) is 10.4 Å². The van der Waals surface area contributed by atoms with E-state index in [9.17, 15) is 5.11 Å². The van der Waals surface area contributed by atoms with Gasteiger partial charge in [-0.15, -0.1) is 0 Å². The van der Waals surface area contributed by atoms with E-state index in [0.29, 0.717) is 5.52 Å². The number of aromatic hydroxyl groups is 1. The summed E-state index contributed by atoms with van der Waals surface area (Å²) in [5.41, 5.74) is 1.60. The van der Waals surface area contributed by atoms with E-state index in [0.717, 1.165) is 11.1 Å². The molecule has 6 nitrogen and oxygen atoms in total. The molecule has 7 heteroatoms. The summed E-state index contributed by atoms with van der Waals surface area (Å²) in [6.07, 6.45) is 0. The third kappa shape index (κ3) is 4.77. The largest absolute Gasteiger partial charge is 0.506 e. The van der Waals surface area contributed by atoms with Gasteiger partial charge >= 0.3 is 10.4 Å². The van der Waals surface area contributed by atoms with Gasteiger partial charge in [0.1, 0.15) is 11.3 Å². The van der Waals surface area contributed by atoms with Gasteiger partial charge in [-0.25, -0.2) is 4.98 Å². The molecule has 2 aromatic rings. The number of benzene rings is 1. The van der Waals surface area contributed by atoms with Gasteiger partial charge in [0.25, 0.3) is 0 Å². The normalized spacial score (nSPS) is 10.8. The van der Waals surface area contributed by atoms with Crippen LogP contribution in [0.3, 0.4) is 0 Å². The van der Waals surface area contributed by atoms with Crippen molar-refractivity contribution in [3.63, 3.8) is 0 Å². The van der Waals surface area contributed by atoms with Gasteiger partial charge in [0.15, 0.2) is 0 Å². The number of rotatable bonds is 0. The zero-order valence-electron chi connectivity index (χ0n) is 8.90. The zero-order chi connectivity index (χ0) is 13.1. The third-order valence-corrected chi connectivity index (χ3v) is 1.84. The van der Waals surface area contributed by atoms with Crippen LogP contribution in [0.5, 0.6) is 5.75 Å². The van der Waals surface area contributed by atoms with Gasteiger partial charge in [-0.3, -0.25) is 9.11 Å². The second-order valence-corrected chi connectivity index (χ2v) is 4.14. The van der Waals surface area contributed by atoms with Crippen molar-refractivity contribution in [1.82, 2.24) is 4.98 Å². The predicted molar refractivity (Wildman–Crippen MR) is 62.3 cm³/mol. The summed E-state index contributed by atoms with van der Waals surface area (Å²) in [7, 11) is -4.67. The fourth-order valence-electron chi connectivity index (χ4n) is 1.23. The summed E-state index contributed by atoms with van der Waals surface area (Å²) < 4.78 is 31.6. The molecule has 1 heterocycles. The molecule has 0 spiro atoms. The molecule has 3 N–H and O–H groups in total. The van der Waals surface area contributed by atoms with Crippen molar-refractivity contribution in [1.29, 1.82) is 0 Å². The Hall–Kier alpha value is -1.70. The Balaban J connectivity index is 0.000000249. The summed E-state index contributed by atoms with van der Waals surface area (Å²) in [6, 6.07) is 9.28. The number of hydrogen-bond donors (Lipinski definition) is 3. The van der Waals surface area contributed by atoms with Crippen LogP contribution in [0.4, 0.5) is 0 Å². The van der Waals surface area contributed by atoms with Crippen molar-refractivity contribution in [3.05, 3.63) is 36.0 Å². The van der Waals surface area contributed by atoms with Crippen molar-refractivity contribution in [3.8, 4) is 5.75 Å². The second-order valence-electron chi connectivity index (χ2n) is 3.25. The average Bonchev–Trinajstić information content (AvgIpc) is 2.17. The van der Waals surface area contributed by atoms with E-state index in [1.165, 1.54) is 0 Å². The van der Waals surface area contributed by atoms with Crippen molar-refractivity contribution in [2.45, 2.75) is 6.92 Å². The number of phenols is 1. The number of phenolic OH excluding ortho intramolecular Hbond substituents is 1. The molecule has 92 valence electrons. The Morgan fingerprint density at radius 2 is 1.71 bits per heavy atom. The summed E-state index contributed by atoms with van der Waals surface area (Å²) in [5.74, 6) is 0.246. The Labute approximate surface area is 98.1 Å². The van der Waals surface area contributed by atoms with Crippen molar-refractivity contribution in [2.75, 3.05) is 0 Å². The van der Waals surface area contributed by atoms with Gasteiger partial charge in [-0.05, 0) is 19.1 Å². The van der Waals surface area contributed by atoms with Crippen LogP contribution in [0, 0.1) is 6.92 Å². The lowest BCUT2D eigenvalue weighted by molar-refractivity contribution is 0.381. The van der Waals surface area contributed by atoms with Crippen LogP contribution in [0.25, 0.3) is 10.9 Å². The van der Waals surface area contributed by atoms with Crippen LogP contribution in [0.2, 0.25) is 0 Å². The van der Waals surface area contributed by atoms with E-state index in [4.69, 9.17) is 17.5 Å². The van der Waals surface area contributed by atoms with Gasteiger partial charge in [0, 0.05) is 11.1 Å². The van der Waals surface area contributed by atoms with Crippen molar-refractivity contribution < 1.29 is 22.6 Å². The molecule has 0 aliphatic heterocycles. The highest BCUT2D eigenvalue weighted by Crippen LogP contribution is 2.21. The van der Waals surface area contributed by atoms with Crippen LogP contribution in [-0.4, -0.2) is 27.6 Å². The van der Waals surface area contributed by atoms with Gasteiger partial charge in [0.05, 0.1) is 0 Å².